The Bertz CT molecular complexity index is 306. The molecule has 0 bridgehead atoms. The van der Waals surface area contributed by atoms with Gasteiger partial charge in [0.15, 0.2) is 0 Å². The molecule has 0 rings (SSSR count). The molecular weight excluding hydrogens is 226 g/mol. The van der Waals surface area contributed by atoms with E-state index in [4.69, 9.17) is 5.21 Å². The van der Waals surface area contributed by atoms with Gasteiger partial charge in [-0.05, 0) is 6.92 Å². The standard InChI is InChI=1S/C10H19N3O4/c1-5(6(2)9(15)13-17)8(14)12-7(3)10(16)11-4/h5-7,17H,1-4H3,(H,11,16)(H,12,14)(H,13,15)/t5?,6-,7-/m0/s1. The van der Waals surface area contributed by atoms with Gasteiger partial charge in [0.05, 0.1) is 0 Å². The van der Waals surface area contributed by atoms with Crippen molar-refractivity contribution in [3.63, 3.8) is 0 Å². The van der Waals surface area contributed by atoms with E-state index in [0.717, 1.165) is 0 Å². The summed E-state index contributed by atoms with van der Waals surface area (Å²) in [5, 5.41) is 13.3. The molecule has 0 spiro atoms. The van der Waals surface area contributed by atoms with E-state index < -0.39 is 29.7 Å². The Kier molecular flexibility index (Phi) is 6.19. The van der Waals surface area contributed by atoms with Crippen LogP contribution in [-0.4, -0.2) is 36.0 Å². The van der Waals surface area contributed by atoms with Gasteiger partial charge in [0.2, 0.25) is 17.7 Å². The number of carbonyl (C=O) groups excluding carboxylic acids is 3. The molecule has 0 saturated heterocycles. The van der Waals surface area contributed by atoms with Crippen LogP contribution in [0.4, 0.5) is 0 Å². The maximum atomic E-state index is 11.7. The minimum absolute atomic E-state index is 0.315. The van der Waals surface area contributed by atoms with E-state index in [9.17, 15) is 14.4 Å². The van der Waals surface area contributed by atoms with E-state index in [0.29, 0.717) is 0 Å². The monoisotopic (exact) mass is 245 g/mol. The Hall–Kier alpha value is -1.63. The molecular formula is C10H19N3O4. The Morgan fingerprint density at radius 1 is 0.941 bits per heavy atom. The minimum Gasteiger partial charge on any atom is -0.357 e. The predicted molar refractivity (Wildman–Crippen MR) is 59.9 cm³/mol. The maximum absolute atomic E-state index is 11.7. The summed E-state index contributed by atoms with van der Waals surface area (Å²) in [5.74, 6) is -2.70. The quantitative estimate of drug-likeness (QED) is 0.368. The van der Waals surface area contributed by atoms with Crippen LogP contribution in [0.25, 0.3) is 0 Å². The highest BCUT2D eigenvalue weighted by atomic mass is 16.5. The van der Waals surface area contributed by atoms with E-state index in [1.54, 1.807) is 13.8 Å². The van der Waals surface area contributed by atoms with Gasteiger partial charge in [-0.2, -0.15) is 0 Å². The van der Waals surface area contributed by atoms with Crippen LogP contribution in [0.1, 0.15) is 20.8 Å². The molecule has 0 aliphatic carbocycles. The second kappa shape index (κ2) is 6.85. The average Bonchev–Trinajstić information content (AvgIpc) is 2.34. The Morgan fingerprint density at radius 2 is 1.41 bits per heavy atom. The molecule has 3 atom stereocenters. The molecule has 0 aliphatic rings. The predicted octanol–water partition coefficient (Wildman–Crippen LogP) is -0.985. The van der Waals surface area contributed by atoms with Crippen molar-refractivity contribution in [2.75, 3.05) is 7.05 Å². The van der Waals surface area contributed by atoms with Gasteiger partial charge in [-0.1, -0.05) is 13.8 Å². The number of nitrogens with one attached hydrogen (secondary N) is 3. The first kappa shape index (κ1) is 15.4. The molecule has 0 aromatic rings. The molecule has 17 heavy (non-hydrogen) atoms. The molecule has 3 amide bonds. The van der Waals surface area contributed by atoms with Gasteiger partial charge in [0.1, 0.15) is 6.04 Å². The summed E-state index contributed by atoms with van der Waals surface area (Å²) in [6.45, 7) is 4.60. The number of amides is 3. The number of hydroxylamine groups is 1. The second-order valence-corrected chi connectivity index (χ2v) is 3.90. The Balaban J connectivity index is 4.41. The molecule has 1 unspecified atom stereocenters. The second-order valence-electron chi connectivity index (χ2n) is 3.90. The molecule has 7 nitrogen and oxygen atoms in total. The van der Waals surface area contributed by atoms with Crippen molar-refractivity contribution in [2.24, 2.45) is 11.8 Å². The highest BCUT2D eigenvalue weighted by Gasteiger charge is 2.27. The summed E-state index contributed by atoms with van der Waals surface area (Å²) in [4.78, 5) is 34.0. The molecule has 0 radical (unpaired) electrons. The van der Waals surface area contributed by atoms with Crippen molar-refractivity contribution in [2.45, 2.75) is 26.8 Å². The van der Waals surface area contributed by atoms with Crippen molar-refractivity contribution in [1.29, 1.82) is 0 Å². The van der Waals surface area contributed by atoms with Gasteiger partial charge in [-0.3, -0.25) is 19.6 Å². The summed E-state index contributed by atoms with van der Waals surface area (Å²) in [6.07, 6.45) is 0. The molecule has 98 valence electrons. The molecule has 0 heterocycles. The molecule has 4 N–H and O–H groups in total. The average molecular weight is 245 g/mol. The lowest BCUT2D eigenvalue weighted by atomic mass is 9.94. The lowest BCUT2D eigenvalue weighted by Gasteiger charge is -2.20. The lowest BCUT2D eigenvalue weighted by molar-refractivity contribution is -0.139. The van der Waals surface area contributed by atoms with Crippen LogP contribution in [0.5, 0.6) is 0 Å². The minimum atomic E-state index is -0.683. The van der Waals surface area contributed by atoms with Crippen LogP contribution in [0.3, 0.4) is 0 Å². The SMILES string of the molecule is CNC(=O)[C@H](C)NC(=O)C(C)[C@H](C)C(=O)NO. The van der Waals surface area contributed by atoms with E-state index in [1.165, 1.54) is 19.5 Å². The third-order valence-corrected chi connectivity index (χ3v) is 2.69. The normalized spacial score (nSPS) is 15.4. The summed E-state index contributed by atoms with van der Waals surface area (Å²) in [6, 6.07) is -0.667. The molecule has 0 aliphatic heterocycles. The smallest absolute Gasteiger partial charge is 0.246 e. The summed E-state index contributed by atoms with van der Waals surface area (Å²) >= 11 is 0. The first-order valence-corrected chi connectivity index (χ1v) is 5.31. The van der Waals surface area contributed by atoms with Crippen molar-refractivity contribution in [3.05, 3.63) is 0 Å². The molecule has 0 aromatic carbocycles. The maximum Gasteiger partial charge on any atom is 0.246 e. The van der Waals surface area contributed by atoms with Crippen molar-refractivity contribution in [1.82, 2.24) is 16.1 Å². The third-order valence-electron chi connectivity index (χ3n) is 2.69. The van der Waals surface area contributed by atoms with Crippen molar-refractivity contribution < 1.29 is 19.6 Å². The van der Waals surface area contributed by atoms with Gasteiger partial charge in [0.25, 0.3) is 0 Å². The van der Waals surface area contributed by atoms with Crippen LogP contribution in [0.15, 0.2) is 0 Å². The first-order chi connectivity index (χ1) is 7.84. The Morgan fingerprint density at radius 3 is 1.82 bits per heavy atom. The number of likely N-dealkylation sites (N-methyl/N-ethyl adjacent to an activating group) is 1. The van der Waals surface area contributed by atoms with Crippen LogP contribution in [0.2, 0.25) is 0 Å². The number of carbonyl (C=O) groups is 3. The summed E-state index contributed by atoms with van der Waals surface area (Å²) < 4.78 is 0. The number of hydrogen-bond donors (Lipinski definition) is 4. The fourth-order valence-electron chi connectivity index (χ4n) is 1.18. The van der Waals surface area contributed by atoms with Gasteiger partial charge >= 0.3 is 0 Å². The third kappa shape index (κ3) is 4.39. The van der Waals surface area contributed by atoms with Gasteiger partial charge < -0.3 is 10.6 Å². The molecule has 0 saturated carbocycles. The fourth-order valence-corrected chi connectivity index (χ4v) is 1.18. The van der Waals surface area contributed by atoms with E-state index in [1.807, 2.05) is 0 Å². The fraction of sp³-hybridized carbons (Fsp3) is 0.700. The lowest BCUT2D eigenvalue weighted by Crippen LogP contribution is -2.47. The zero-order valence-electron chi connectivity index (χ0n) is 10.4. The van der Waals surface area contributed by atoms with Crippen molar-refractivity contribution in [3.8, 4) is 0 Å². The van der Waals surface area contributed by atoms with E-state index in [2.05, 4.69) is 10.6 Å². The van der Waals surface area contributed by atoms with Gasteiger partial charge in [-0.25, -0.2) is 5.48 Å². The topological polar surface area (TPSA) is 108 Å². The molecule has 0 aromatic heterocycles. The van der Waals surface area contributed by atoms with Gasteiger partial charge in [-0.15, -0.1) is 0 Å². The van der Waals surface area contributed by atoms with Crippen LogP contribution >= 0.6 is 0 Å². The van der Waals surface area contributed by atoms with Crippen LogP contribution in [0, 0.1) is 11.8 Å². The highest BCUT2D eigenvalue weighted by molar-refractivity contribution is 5.90. The molecule has 0 fully saturated rings. The highest BCUT2D eigenvalue weighted by Crippen LogP contribution is 2.11. The van der Waals surface area contributed by atoms with Gasteiger partial charge in [0, 0.05) is 18.9 Å². The summed E-state index contributed by atoms with van der Waals surface area (Å²) in [7, 11) is 1.47. The van der Waals surface area contributed by atoms with Crippen LogP contribution in [-0.2, 0) is 14.4 Å². The van der Waals surface area contributed by atoms with Crippen LogP contribution < -0.4 is 16.1 Å². The van der Waals surface area contributed by atoms with E-state index >= 15 is 0 Å². The largest absolute Gasteiger partial charge is 0.357 e. The number of rotatable bonds is 5. The molecule has 7 heteroatoms. The first-order valence-electron chi connectivity index (χ1n) is 5.31. The van der Waals surface area contributed by atoms with E-state index in [-0.39, 0.29) is 5.91 Å². The van der Waals surface area contributed by atoms with Crippen molar-refractivity contribution >= 4 is 17.7 Å². The summed E-state index contributed by atoms with van der Waals surface area (Å²) in [5.41, 5.74) is 1.49. The Labute approximate surface area is 99.9 Å². The number of hydrogen-bond acceptors (Lipinski definition) is 4. The zero-order valence-corrected chi connectivity index (χ0v) is 10.4. The zero-order chi connectivity index (χ0) is 13.6.